The fourth-order valence-electron chi connectivity index (χ4n) is 2.05. The predicted molar refractivity (Wildman–Crippen MR) is 84.2 cm³/mol. The number of aryl methyl sites for hydroxylation is 2. The molecule has 1 aromatic heterocycles. The minimum absolute atomic E-state index is 0.000161. The van der Waals surface area contributed by atoms with Gasteiger partial charge in [0.2, 0.25) is 0 Å². The summed E-state index contributed by atoms with van der Waals surface area (Å²) in [6.07, 6.45) is 1.14. The van der Waals surface area contributed by atoms with Crippen LogP contribution in [-0.4, -0.2) is 39.9 Å². The number of halogens is 1. The Morgan fingerprint density at radius 1 is 1.43 bits per heavy atom. The zero-order valence-corrected chi connectivity index (χ0v) is 13.4. The molecule has 0 bridgehead atoms. The molecule has 8 heteroatoms. The van der Waals surface area contributed by atoms with Crippen molar-refractivity contribution in [3.63, 3.8) is 0 Å². The molecule has 1 amide bonds. The lowest BCUT2D eigenvalue weighted by atomic mass is 10.2. The molecule has 0 saturated heterocycles. The van der Waals surface area contributed by atoms with Crippen molar-refractivity contribution >= 4 is 23.5 Å². The quantitative estimate of drug-likeness (QED) is 0.785. The molecule has 2 rings (SSSR count). The topological polar surface area (TPSA) is 93.4 Å². The van der Waals surface area contributed by atoms with Gasteiger partial charge in [0.25, 0.3) is 5.91 Å². The van der Waals surface area contributed by atoms with Crippen LogP contribution in [0.2, 0.25) is 5.02 Å². The highest BCUT2D eigenvalue weighted by Crippen LogP contribution is 2.21. The summed E-state index contributed by atoms with van der Waals surface area (Å²) in [7, 11) is 1.51. The molecule has 0 radical (unpaired) electrons. The van der Waals surface area contributed by atoms with E-state index in [1.54, 1.807) is 18.2 Å². The number of nitrogens with one attached hydrogen (secondary N) is 1. The normalized spacial score (nSPS) is 10.4. The molecule has 1 aromatic carbocycles. The molecule has 0 saturated carbocycles. The number of carbonyl (C=O) groups is 2. The van der Waals surface area contributed by atoms with E-state index in [2.05, 4.69) is 10.4 Å². The van der Waals surface area contributed by atoms with E-state index in [1.165, 1.54) is 11.7 Å². The number of rotatable bonds is 6. The van der Waals surface area contributed by atoms with E-state index in [0.29, 0.717) is 10.8 Å². The summed E-state index contributed by atoms with van der Waals surface area (Å²) in [6, 6.07) is 5.25. The fraction of sp³-hybridized carbons (Fsp3) is 0.267. The lowest BCUT2D eigenvalue weighted by Gasteiger charge is -2.10. The Hall–Kier alpha value is -2.54. The second-order valence-corrected chi connectivity index (χ2v) is 5.29. The van der Waals surface area contributed by atoms with Gasteiger partial charge in [-0.1, -0.05) is 11.6 Å². The third-order valence-corrected chi connectivity index (χ3v) is 3.40. The van der Waals surface area contributed by atoms with Crippen LogP contribution in [0.25, 0.3) is 0 Å². The molecule has 0 unspecified atom stereocenters. The van der Waals surface area contributed by atoms with Crippen LogP contribution in [0.4, 0.5) is 0 Å². The van der Waals surface area contributed by atoms with Crippen LogP contribution in [0, 0.1) is 6.92 Å². The molecule has 1 heterocycles. The Bertz CT molecular complexity index is 742. The van der Waals surface area contributed by atoms with Crippen LogP contribution >= 0.6 is 11.6 Å². The van der Waals surface area contributed by atoms with Crippen LogP contribution in [-0.2, 0) is 7.05 Å². The number of nitrogens with zero attached hydrogens (tertiary/aromatic N) is 2. The van der Waals surface area contributed by atoms with E-state index in [9.17, 15) is 9.59 Å². The third-order valence-electron chi connectivity index (χ3n) is 3.17. The number of carboxylic acid groups (broad SMARTS) is 1. The molecule has 0 fully saturated rings. The number of benzene rings is 1. The number of hydrogen-bond donors (Lipinski definition) is 2. The zero-order valence-electron chi connectivity index (χ0n) is 12.7. The first-order chi connectivity index (χ1) is 10.9. The van der Waals surface area contributed by atoms with Gasteiger partial charge in [0.1, 0.15) is 23.6 Å². The highest BCUT2D eigenvalue weighted by molar-refractivity contribution is 6.30. The molecular formula is C15H16ClN3O4. The first-order valence-electron chi connectivity index (χ1n) is 6.82. The maximum Gasteiger partial charge on any atom is 0.339 e. The number of amides is 1. The van der Waals surface area contributed by atoms with E-state index in [1.807, 2.05) is 6.92 Å². The highest BCUT2D eigenvalue weighted by atomic mass is 35.5. The van der Waals surface area contributed by atoms with Crippen molar-refractivity contribution in [3.8, 4) is 5.75 Å². The van der Waals surface area contributed by atoms with Gasteiger partial charge >= 0.3 is 5.97 Å². The Labute approximate surface area is 137 Å². The average molecular weight is 338 g/mol. The van der Waals surface area contributed by atoms with Crippen molar-refractivity contribution in [3.05, 3.63) is 46.2 Å². The first kappa shape index (κ1) is 16.8. The van der Waals surface area contributed by atoms with Gasteiger partial charge in [-0.3, -0.25) is 9.48 Å². The lowest BCUT2D eigenvalue weighted by molar-refractivity contribution is 0.0690. The second-order valence-electron chi connectivity index (χ2n) is 4.85. The van der Waals surface area contributed by atoms with Gasteiger partial charge in [-0.05, 0) is 30.7 Å². The van der Waals surface area contributed by atoms with E-state index < -0.39 is 11.9 Å². The van der Waals surface area contributed by atoms with Crippen molar-refractivity contribution in [2.45, 2.75) is 6.92 Å². The summed E-state index contributed by atoms with van der Waals surface area (Å²) in [5, 5.41) is 16.1. The molecule has 0 spiro atoms. The van der Waals surface area contributed by atoms with Gasteiger partial charge in [-0.2, -0.15) is 5.10 Å². The largest absolute Gasteiger partial charge is 0.491 e. The smallest absolute Gasteiger partial charge is 0.339 e. The lowest BCUT2D eigenvalue weighted by Crippen LogP contribution is -2.31. The summed E-state index contributed by atoms with van der Waals surface area (Å²) < 4.78 is 6.78. The van der Waals surface area contributed by atoms with Crippen LogP contribution in [0.3, 0.4) is 0 Å². The summed E-state index contributed by atoms with van der Waals surface area (Å²) in [6.45, 7) is 2.34. The number of hydrogen-bond acceptors (Lipinski definition) is 4. The molecule has 122 valence electrons. The van der Waals surface area contributed by atoms with Crippen molar-refractivity contribution in [1.82, 2.24) is 15.1 Å². The minimum atomic E-state index is -1.20. The van der Waals surface area contributed by atoms with Crippen molar-refractivity contribution in [2.75, 3.05) is 13.2 Å². The molecule has 2 aromatic rings. The summed E-state index contributed by atoms with van der Waals surface area (Å²) in [4.78, 5) is 23.1. The van der Waals surface area contributed by atoms with Gasteiger partial charge in [-0.25, -0.2) is 4.79 Å². The Morgan fingerprint density at radius 3 is 2.83 bits per heavy atom. The van der Waals surface area contributed by atoms with E-state index >= 15 is 0 Å². The molecular weight excluding hydrogens is 322 g/mol. The monoisotopic (exact) mass is 337 g/mol. The van der Waals surface area contributed by atoms with Crippen LogP contribution < -0.4 is 10.1 Å². The minimum Gasteiger partial charge on any atom is -0.491 e. The van der Waals surface area contributed by atoms with Gasteiger partial charge in [0.05, 0.1) is 12.7 Å². The molecule has 23 heavy (non-hydrogen) atoms. The number of ether oxygens (including phenoxy) is 1. The van der Waals surface area contributed by atoms with Gasteiger partial charge in [0.15, 0.2) is 0 Å². The standard InChI is InChI=1S/C15H16ClN3O4/c1-9-7-10(16)3-4-12(9)23-6-5-17-14(20)13-11(15(21)22)8-18-19(13)2/h3-4,7-8H,5-6H2,1-2H3,(H,17,20)(H,21,22). The maximum atomic E-state index is 12.1. The first-order valence-corrected chi connectivity index (χ1v) is 7.20. The van der Waals surface area contributed by atoms with E-state index in [4.69, 9.17) is 21.4 Å². The molecule has 0 atom stereocenters. The number of carbonyl (C=O) groups excluding carboxylic acids is 1. The highest BCUT2D eigenvalue weighted by Gasteiger charge is 2.21. The molecule has 2 N–H and O–H groups in total. The number of aromatic carboxylic acids is 1. The van der Waals surface area contributed by atoms with Gasteiger partial charge < -0.3 is 15.2 Å². The summed E-state index contributed by atoms with van der Waals surface area (Å²) >= 11 is 5.86. The van der Waals surface area contributed by atoms with Crippen molar-refractivity contribution in [2.24, 2.45) is 7.05 Å². The third kappa shape index (κ3) is 4.01. The fourth-order valence-corrected chi connectivity index (χ4v) is 2.27. The molecule has 0 aliphatic heterocycles. The van der Waals surface area contributed by atoms with Crippen LogP contribution in [0.1, 0.15) is 26.4 Å². The van der Waals surface area contributed by atoms with Crippen LogP contribution in [0.5, 0.6) is 5.75 Å². The summed E-state index contributed by atoms with van der Waals surface area (Å²) in [5.41, 5.74) is 0.753. The molecule has 0 aliphatic carbocycles. The Balaban J connectivity index is 1.90. The van der Waals surface area contributed by atoms with Crippen molar-refractivity contribution in [1.29, 1.82) is 0 Å². The Kier molecular flexibility index (Phi) is 5.23. The Morgan fingerprint density at radius 2 is 2.17 bits per heavy atom. The van der Waals surface area contributed by atoms with Crippen LogP contribution in [0.15, 0.2) is 24.4 Å². The molecule has 7 nitrogen and oxygen atoms in total. The predicted octanol–water partition coefficient (Wildman–Crippen LogP) is 1.89. The second kappa shape index (κ2) is 7.15. The van der Waals surface area contributed by atoms with Gasteiger partial charge in [-0.15, -0.1) is 0 Å². The zero-order chi connectivity index (χ0) is 17.0. The number of carboxylic acids is 1. The van der Waals surface area contributed by atoms with E-state index in [0.717, 1.165) is 11.8 Å². The average Bonchev–Trinajstić information content (AvgIpc) is 2.87. The van der Waals surface area contributed by atoms with Gasteiger partial charge in [0, 0.05) is 12.1 Å². The van der Waals surface area contributed by atoms with E-state index in [-0.39, 0.29) is 24.4 Å². The summed E-state index contributed by atoms with van der Waals surface area (Å²) in [5.74, 6) is -1.04. The SMILES string of the molecule is Cc1cc(Cl)ccc1OCCNC(=O)c1c(C(=O)O)cnn1C. The number of aromatic nitrogens is 2. The maximum absolute atomic E-state index is 12.1. The van der Waals surface area contributed by atoms with Crippen molar-refractivity contribution < 1.29 is 19.4 Å². The molecule has 0 aliphatic rings.